The highest BCUT2D eigenvalue weighted by Crippen LogP contribution is 2.63. The second kappa shape index (κ2) is 7.31. The molecule has 0 aliphatic carbocycles. The summed E-state index contributed by atoms with van der Waals surface area (Å²) in [6.07, 6.45) is 1.09. The number of ether oxygens (including phenoxy) is 1. The summed E-state index contributed by atoms with van der Waals surface area (Å²) in [5, 5.41) is 15.5. The Labute approximate surface area is 182 Å². The predicted octanol–water partition coefficient (Wildman–Crippen LogP) is 1.13. The van der Waals surface area contributed by atoms with Crippen molar-refractivity contribution in [2.24, 2.45) is 11.8 Å². The number of carbonyl (C=O) groups is 3. The molecule has 168 valence electrons. The molecule has 3 N–H and O–H groups in total. The predicted molar refractivity (Wildman–Crippen MR) is 114 cm³/mol. The molecular formula is C23H31N3O5. The summed E-state index contributed by atoms with van der Waals surface area (Å²) in [7, 11) is 1.54. The Morgan fingerprint density at radius 1 is 1.29 bits per heavy atom. The molecule has 3 aliphatic heterocycles. The van der Waals surface area contributed by atoms with E-state index in [0.717, 1.165) is 11.1 Å². The summed E-state index contributed by atoms with van der Waals surface area (Å²) in [6.45, 7) is 7.12. The van der Waals surface area contributed by atoms with Gasteiger partial charge in [0.05, 0.1) is 30.1 Å². The van der Waals surface area contributed by atoms with Gasteiger partial charge in [0.25, 0.3) is 0 Å². The van der Waals surface area contributed by atoms with Crippen molar-refractivity contribution in [1.82, 2.24) is 10.2 Å². The molecule has 3 saturated heterocycles. The molecule has 1 aromatic rings. The van der Waals surface area contributed by atoms with Crippen LogP contribution in [0.25, 0.3) is 0 Å². The van der Waals surface area contributed by atoms with Gasteiger partial charge in [0.1, 0.15) is 11.6 Å². The molecule has 1 spiro atoms. The average molecular weight is 430 g/mol. The molecule has 8 heteroatoms. The van der Waals surface area contributed by atoms with Crippen LogP contribution in [-0.2, 0) is 19.1 Å². The first-order valence-electron chi connectivity index (χ1n) is 10.8. The third-order valence-corrected chi connectivity index (χ3v) is 7.38. The molecule has 4 rings (SSSR count). The SMILES string of the molecule is CNC(=O)[C@H]1[C@H]2C(=O)N([C@H](C)CO)C(C(=O)Nc3cc(C)ccc3C)C23CC[C@]1(C)O3. The molecule has 3 heterocycles. The Morgan fingerprint density at radius 2 is 2.00 bits per heavy atom. The van der Waals surface area contributed by atoms with Crippen molar-refractivity contribution >= 4 is 23.4 Å². The lowest BCUT2D eigenvalue weighted by molar-refractivity contribution is -0.147. The first kappa shape index (κ1) is 21.8. The summed E-state index contributed by atoms with van der Waals surface area (Å²) in [5.74, 6) is -2.35. The average Bonchev–Trinajstić information content (AvgIpc) is 3.30. The molecule has 6 atom stereocenters. The molecule has 0 saturated carbocycles. The van der Waals surface area contributed by atoms with Crippen LogP contribution in [0.2, 0.25) is 0 Å². The molecule has 3 fully saturated rings. The van der Waals surface area contributed by atoms with Gasteiger partial charge in [-0.1, -0.05) is 12.1 Å². The highest BCUT2D eigenvalue weighted by molar-refractivity contribution is 6.04. The summed E-state index contributed by atoms with van der Waals surface area (Å²) in [4.78, 5) is 41.5. The highest BCUT2D eigenvalue weighted by atomic mass is 16.5. The van der Waals surface area contributed by atoms with E-state index in [4.69, 9.17) is 4.74 Å². The Bertz CT molecular complexity index is 949. The van der Waals surface area contributed by atoms with Crippen LogP contribution in [0.5, 0.6) is 0 Å². The van der Waals surface area contributed by atoms with Gasteiger partial charge >= 0.3 is 0 Å². The fraction of sp³-hybridized carbons (Fsp3) is 0.609. The van der Waals surface area contributed by atoms with Crippen LogP contribution in [0.3, 0.4) is 0 Å². The number of aliphatic hydroxyl groups excluding tert-OH is 1. The van der Waals surface area contributed by atoms with Crippen LogP contribution in [0.4, 0.5) is 5.69 Å². The third-order valence-electron chi connectivity index (χ3n) is 7.38. The second-order valence-electron chi connectivity index (χ2n) is 9.43. The van der Waals surface area contributed by atoms with Crippen LogP contribution >= 0.6 is 0 Å². The smallest absolute Gasteiger partial charge is 0.250 e. The van der Waals surface area contributed by atoms with E-state index >= 15 is 0 Å². The van der Waals surface area contributed by atoms with Gasteiger partial charge in [-0.05, 0) is 57.7 Å². The molecule has 1 aromatic carbocycles. The Balaban J connectivity index is 1.78. The van der Waals surface area contributed by atoms with Crippen molar-refractivity contribution in [3.05, 3.63) is 29.3 Å². The molecule has 0 aromatic heterocycles. The summed E-state index contributed by atoms with van der Waals surface area (Å²) in [6, 6.07) is 4.28. The van der Waals surface area contributed by atoms with E-state index in [9.17, 15) is 19.5 Å². The maximum absolute atomic E-state index is 13.7. The van der Waals surface area contributed by atoms with Crippen LogP contribution in [0, 0.1) is 25.7 Å². The number of hydrogen-bond acceptors (Lipinski definition) is 5. The van der Waals surface area contributed by atoms with Crippen molar-refractivity contribution in [2.45, 2.75) is 63.8 Å². The van der Waals surface area contributed by atoms with Crippen LogP contribution in [-0.4, -0.2) is 64.7 Å². The van der Waals surface area contributed by atoms with Crippen molar-refractivity contribution in [1.29, 1.82) is 0 Å². The number of amides is 3. The number of fused-ring (bicyclic) bond motifs is 1. The highest BCUT2D eigenvalue weighted by Gasteiger charge is 2.78. The number of benzene rings is 1. The lowest BCUT2D eigenvalue weighted by Gasteiger charge is -2.35. The van der Waals surface area contributed by atoms with E-state index < -0.39 is 35.1 Å². The van der Waals surface area contributed by atoms with Gasteiger partial charge in [0.15, 0.2) is 0 Å². The van der Waals surface area contributed by atoms with Crippen molar-refractivity contribution in [3.63, 3.8) is 0 Å². The van der Waals surface area contributed by atoms with Crippen molar-refractivity contribution in [3.8, 4) is 0 Å². The minimum atomic E-state index is -1.09. The van der Waals surface area contributed by atoms with Gasteiger partial charge in [0, 0.05) is 12.7 Å². The molecule has 2 unspecified atom stereocenters. The van der Waals surface area contributed by atoms with Crippen molar-refractivity contribution in [2.75, 3.05) is 19.0 Å². The van der Waals surface area contributed by atoms with E-state index in [-0.39, 0.29) is 24.3 Å². The number of anilines is 1. The zero-order valence-electron chi connectivity index (χ0n) is 18.7. The first-order valence-corrected chi connectivity index (χ1v) is 10.8. The zero-order valence-corrected chi connectivity index (χ0v) is 18.7. The number of rotatable bonds is 5. The molecule has 3 amide bonds. The van der Waals surface area contributed by atoms with Crippen molar-refractivity contribution < 1.29 is 24.2 Å². The number of carbonyl (C=O) groups excluding carboxylic acids is 3. The standard InChI is InChI=1S/C23H31N3O5/c1-12-6-7-13(2)15(10-12)25-20(29)18-23-9-8-22(4,31-23)16(19(28)24-5)17(23)21(30)26(18)14(3)11-27/h6-7,10,14,16-18,27H,8-9,11H2,1-5H3,(H,24,28)(H,25,29)/t14-,16-,17+,18?,22+,23?/m1/s1. The van der Waals surface area contributed by atoms with Gasteiger partial charge in [-0.15, -0.1) is 0 Å². The van der Waals surface area contributed by atoms with E-state index in [2.05, 4.69) is 10.6 Å². The fourth-order valence-electron chi connectivity index (χ4n) is 5.85. The number of likely N-dealkylation sites (tertiary alicyclic amines) is 1. The summed E-state index contributed by atoms with van der Waals surface area (Å²) in [5.41, 5.74) is 0.702. The Hall–Kier alpha value is -2.45. The van der Waals surface area contributed by atoms with Crippen LogP contribution < -0.4 is 10.6 Å². The molecule has 8 nitrogen and oxygen atoms in total. The van der Waals surface area contributed by atoms with E-state index in [1.54, 1.807) is 14.0 Å². The molecule has 3 aliphatic rings. The molecular weight excluding hydrogens is 398 g/mol. The van der Waals surface area contributed by atoms with Crippen LogP contribution in [0.1, 0.15) is 37.8 Å². The van der Waals surface area contributed by atoms with Crippen LogP contribution in [0.15, 0.2) is 18.2 Å². The zero-order chi connectivity index (χ0) is 22.7. The lowest BCUT2D eigenvalue weighted by atomic mass is 9.66. The maximum atomic E-state index is 13.7. The third kappa shape index (κ3) is 2.99. The molecule has 0 radical (unpaired) electrons. The largest absolute Gasteiger partial charge is 0.394 e. The van der Waals surface area contributed by atoms with E-state index in [1.807, 2.05) is 39.0 Å². The topological polar surface area (TPSA) is 108 Å². The van der Waals surface area contributed by atoms with Gasteiger partial charge in [-0.2, -0.15) is 0 Å². The number of aryl methyl sites for hydroxylation is 2. The monoisotopic (exact) mass is 429 g/mol. The molecule has 31 heavy (non-hydrogen) atoms. The van der Waals surface area contributed by atoms with E-state index in [0.29, 0.717) is 18.5 Å². The Morgan fingerprint density at radius 3 is 2.65 bits per heavy atom. The van der Waals surface area contributed by atoms with Gasteiger partial charge in [-0.25, -0.2) is 0 Å². The Kier molecular flexibility index (Phi) is 5.13. The number of nitrogens with one attached hydrogen (secondary N) is 2. The van der Waals surface area contributed by atoms with Gasteiger partial charge in [-0.3, -0.25) is 14.4 Å². The first-order chi connectivity index (χ1) is 14.6. The minimum Gasteiger partial charge on any atom is -0.394 e. The fourth-order valence-corrected chi connectivity index (χ4v) is 5.85. The number of nitrogens with zero attached hydrogens (tertiary/aromatic N) is 1. The maximum Gasteiger partial charge on any atom is 0.250 e. The number of hydrogen-bond donors (Lipinski definition) is 3. The quantitative estimate of drug-likeness (QED) is 0.650. The number of aliphatic hydroxyl groups is 1. The lowest BCUT2D eigenvalue weighted by Crippen LogP contribution is -2.55. The molecule has 2 bridgehead atoms. The summed E-state index contributed by atoms with van der Waals surface area (Å²) >= 11 is 0. The van der Waals surface area contributed by atoms with Gasteiger partial charge in [0.2, 0.25) is 17.7 Å². The summed E-state index contributed by atoms with van der Waals surface area (Å²) < 4.78 is 6.46. The van der Waals surface area contributed by atoms with Gasteiger partial charge < -0.3 is 25.4 Å². The second-order valence-corrected chi connectivity index (χ2v) is 9.43. The minimum absolute atomic E-state index is 0.255. The normalized spacial score (nSPS) is 34.6. The van der Waals surface area contributed by atoms with E-state index in [1.165, 1.54) is 4.90 Å².